The van der Waals surface area contributed by atoms with Crippen molar-refractivity contribution < 1.29 is 14.7 Å². The standard InChI is InChI=1S/C12H20N2O3/c1-2-7-10(11(15)16)13-12(17)14-8-5-3-4-6-9-14/h2,10H,1,3-9H2,(H,13,17)(H,15,16). The third kappa shape index (κ3) is 4.46. The Morgan fingerprint density at radius 3 is 2.35 bits per heavy atom. The molecule has 1 fully saturated rings. The summed E-state index contributed by atoms with van der Waals surface area (Å²) in [5, 5.41) is 11.5. The molecule has 0 aromatic carbocycles. The van der Waals surface area contributed by atoms with Gasteiger partial charge in [0.25, 0.3) is 0 Å². The lowest BCUT2D eigenvalue weighted by atomic mass is 10.2. The molecule has 96 valence electrons. The van der Waals surface area contributed by atoms with Crippen LogP contribution in [-0.4, -0.2) is 41.1 Å². The van der Waals surface area contributed by atoms with E-state index in [0.717, 1.165) is 25.7 Å². The molecule has 17 heavy (non-hydrogen) atoms. The highest BCUT2D eigenvalue weighted by Crippen LogP contribution is 2.10. The van der Waals surface area contributed by atoms with Gasteiger partial charge in [-0.15, -0.1) is 6.58 Å². The number of hydrogen-bond donors (Lipinski definition) is 2. The summed E-state index contributed by atoms with van der Waals surface area (Å²) in [4.78, 5) is 24.5. The molecule has 0 saturated carbocycles. The number of rotatable bonds is 4. The molecule has 1 aliphatic rings. The lowest BCUT2D eigenvalue weighted by Crippen LogP contribution is -2.48. The molecular weight excluding hydrogens is 220 g/mol. The van der Waals surface area contributed by atoms with Crippen LogP contribution in [0.4, 0.5) is 4.79 Å². The van der Waals surface area contributed by atoms with Crippen molar-refractivity contribution in [2.24, 2.45) is 0 Å². The number of aliphatic carboxylic acids is 1. The summed E-state index contributed by atoms with van der Waals surface area (Å²) in [6.07, 6.45) is 6.01. The van der Waals surface area contributed by atoms with Gasteiger partial charge < -0.3 is 15.3 Å². The van der Waals surface area contributed by atoms with E-state index in [0.29, 0.717) is 13.1 Å². The van der Waals surface area contributed by atoms with Gasteiger partial charge in [-0.05, 0) is 19.3 Å². The molecule has 0 aromatic rings. The van der Waals surface area contributed by atoms with Crippen LogP contribution in [-0.2, 0) is 4.79 Å². The molecule has 0 aliphatic carbocycles. The third-order valence-electron chi connectivity index (χ3n) is 2.89. The second-order valence-electron chi connectivity index (χ2n) is 4.27. The van der Waals surface area contributed by atoms with Crippen molar-refractivity contribution >= 4 is 12.0 Å². The van der Waals surface area contributed by atoms with Crippen LogP contribution in [0.25, 0.3) is 0 Å². The SMILES string of the molecule is C=CCC(NC(=O)N1CCCCCC1)C(=O)O. The van der Waals surface area contributed by atoms with Crippen molar-refractivity contribution in [3.63, 3.8) is 0 Å². The first kappa shape index (κ1) is 13.5. The smallest absolute Gasteiger partial charge is 0.326 e. The monoisotopic (exact) mass is 240 g/mol. The average molecular weight is 240 g/mol. The molecule has 5 nitrogen and oxygen atoms in total. The van der Waals surface area contributed by atoms with E-state index in [1.807, 2.05) is 0 Å². The van der Waals surface area contributed by atoms with Crippen LogP contribution in [0, 0.1) is 0 Å². The van der Waals surface area contributed by atoms with Crippen molar-refractivity contribution in [1.82, 2.24) is 10.2 Å². The number of likely N-dealkylation sites (tertiary alicyclic amines) is 1. The van der Waals surface area contributed by atoms with Gasteiger partial charge in [0, 0.05) is 13.1 Å². The summed E-state index contributed by atoms with van der Waals surface area (Å²) in [6, 6.07) is -1.15. The van der Waals surface area contributed by atoms with Gasteiger partial charge in [-0.2, -0.15) is 0 Å². The fourth-order valence-electron chi connectivity index (χ4n) is 1.90. The maximum Gasteiger partial charge on any atom is 0.326 e. The summed E-state index contributed by atoms with van der Waals surface area (Å²) in [5.74, 6) is -1.02. The Morgan fingerprint density at radius 1 is 1.29 bits per heavy atom. The molecule has 5 heteroatoms. The summed E-state index contributed by atoms with van der Waals surface area (Å²) in [5.41, 5.74) is 0. The van der Waals surface area contributed by atoms with Crippen molar-refractivity contribution in [2.45, 2.75) is 38.1 Å². The van der Waals surface area contributed by atoms with Crippen LogP contribution in [0.15, 0.2) is 12.7 Å². The molecule has 0 aromatic heterocycles. The van der Waals surface area contributed by atoms with Crippen LogP contribution >= 0.6 is 0 Å². The molecule has 1 aliphatic heterocycles. The van der Waals surface area contributed by atoms with E-state index in [4.69, 9.17) is 5.11 Å². The number of urea groups is 1. The van der Waals surface area contributed by atoms with Gasteiger partial charge in [-0.25, -0.2) is 9.59 Å². The molecule has 2 amide bonds. The zero-order valence-corrected chi connectivity index (χ0v) is 10.0. The highest BCUT2D eigenvalue weighted by atomic mass is 16.4. The normalized spacial score (nSPS) is 18.0. The van der Waals surface area contributed by atoms with Crippen molar-refractivity contribution in [3.8, 4) is 0 Å². The number of amides is 2. The van der Waals surface area contributed by atoms with Crippen molar-refractivity contribution in [1.29, 1.82) is 0 Å². The number of nitrogens with one attached hydrogen (secondary N) is 1. The second kappa shape index (κ2) is 6.93. The Labute approximate surface area is 101 Å². The highest BCUT2D eigenvalue weighted by molar-refractivity contribution is 5.82. The van der Waals surface area contributed by atoms with Gasteiger partial charge in [0.15, 0.2) is 0 Å². The van der Waals surface area contributed by atoms with Crippen molar-refractivity contribution in [2.75, 3.05) is 13.1 Å². The number of carboxylic acids is 1. The molecule has 2 N–H and O–H groups in total. The lowest BCUT2D eigenvalue weighted by molar-refractivity contribution is -0.139. The molecule has 1 unspecified atom stereocenters. The molecule has 1 heterocycles. The van der Waals surface area contributed by atoms with Crippen LogP contribution in [0.5, 0.6) is 0 Å². The quantitative estimate of drug-likeness (QED) is 0.733. The Kier molecular flexibility index (Phi) is 5.52. The topological polar surface area (TPSA) is 69.6 Å². The van der Waals surface area contributed by atoms with Crippen LogP contribution in [0.1, 0.15) is 32.1 Å². The Bertz CT molecular complexity index is 283. The molecule has 1 atom stereocenters. The van der Waals surface area contributed by atoms with E-state index < -0.39 is 12.0 Å². The molecule has 1 rings (SSSR count). The van der Waals surface area contributed by atoms with Gasteiger partial charge in [0.1, 0.15) is 6.04 Å². The fourth-order valence-corrected chi connectivity index (χ4v) is 1.90. The molecule has 0 bridgehead atoms. The maximum atomic E-state index is 11.9. The first-order valence-corrected chi connectivity index (χ1v) is 6.04. The Hall–Kier alpha value is -1.52. The minimum Gasteiger partial charge on any atom is -0.480 e. The summed E-state index contributed by atoms with van der Waals surface area (Å²) >= 11 is 0. The summed E-state index contributed by atoms with van der Waals surface area (Å²) < 4.78 is 0. The number of nitrogens with zero attached hydrogens (tertiary/aromatic N) is 1. The minimum absolute atomic E-state index is 0.245. The van der Waals surface area contributed by atoms with E-state index in [2.05, 4.69) is 11.9 Å². The molecule has 0 radical (unpaired) electrons. The third-order valence-corrected chi connectivity index (χ3v) is 2.89. The van der Waals surface area contributed by atoms with Gasteiger partial charge in [-0.3, -0.25) is 0 Å². The second-order valence-corrected chi connectivity index (χ2v) is 4.27. The molecule has 1 saturated heterocycles. The van der Waals surface area contributed by atoms with Gasteiger partial charge in [0.2, 0.25) is 0 Å². The van der Waals surface area contributed by atoms with Gasteiger partial charge >= 0.3 is 12.0 Å². The summed E-state index contributed by atoms with van der Waals surface area (Å²) in [6.45, 7) is 4.92. The Balaban J connectivity index is 2.49. The first-order valence-electron chi connectivity index (χ1n) is 6.04. The van der Waals surface area contributed by atoms with E-state index in [1.165, 1.54) is 6.08 Å². The fraction of sp³-hybridized carbons (Fsp3) is 0.667. The van der Waals surface area contributed by atoms with Crippen LogP contribution in [0.2, 0.25) is 0 Å². The summed E-state index contributed by atoms with van der Waals surface area (Å²) in [7, 11) is 0. The van der Waals surface area contributed by atoms with Crippen LogP contribution in [0.3, 0.4) is 0 Å². The number of hydrogen-bond acceptors (Lipinski definition) is 2. The predicted molar refractivity (Wildman–Crippen MR) is 64.8 cm³/mol. The molecular formula is C12H20N2O3. The van der Waals surface area contributed by atoms with E-state index in [1.54, 1.807) is 4.90 Å². The van der Waals surface area contributed by atoms with E-state index >= 15 is 0 Å². The minimum atomic E-state index is -1.02. The zero-order valence-electron chi connectivity index (χ0n) is 10.0. The lowest BCUT2D eigenvalue weighted by Gasteiger charge is -2.23. The number of carboxylic acid groups (broad SMARTS) is 1. The highest BCUT2D eigenvalue weighted by Gasteiger charge is 2.22. The largest absolute Gasteiger partial charge is 0.480 e. The number of carbonyl (C=O) groups excluding carboxylic acids is 1. The average Bonchev–Trinajstić information content (AvgIpc) is 2.56. The van der Waals surface area contributed by atoms with E-state index in [-0.39, 0.29) is 12.5 Å². The first-order chi connectivity index (χ1) is 8.15. The van der Waals surface area contributed by atoms with E-state index in [9.17, 15) is 9.59 Å². The number of carbonyl (C=O) groups is 2. The van der Waals surface area contributed by atoms with Crippen LogP contribution < -0.4 is 5.32 Å². The van der Waals surface area contributed by atoms with Crippen molar-refractivity contribution in [3.05, 3.63) is 12.7 Å². The van der Waals surface area contributed by atoms with Gasteiger partial charge in [0.05, 0.1) is 0 Å². The zero-order chi connectivity index (χ0) is 12.7. The maximum absolute atomic E-state index is 11.9. The Morgan fingerprint density at radius 2 is 1.88 bits per heavy atom. The predicted octanol–water partition coefficient (Wildman–Crippen LogP) is 1.60. The van der Waals surface area contributed by atoms with Gasteiger partial charge in [-0.1, -0.05) is 18.9 Å². The molecule has 0 spiro atoms.